The number of methoxy groups -OCH3 is 1. The maximum Gasteiger partial charge on any atom is 0.328 e. The van der Waals surface area contributed by atoms with Crippen LogP contribution in [0.3, 0.4) is 0 Å². The molecule has 0 aromatic heterocycles. The van der Waals surface area contributed by atoms with Crippen molar-refractivity contribution in [2.24, 2.45) is 11.8 Å². The van der Waals surface area contributed by atoms with Gasteiger partial charge in [0.1, 0.15) is 6.04 Å². The number of rotatable bonds is 6. The molecule has 0 unspecified atom stereocenters. The topological polar surface area (TPSA) is 58.6 Å². The van der Waals surface area contributed by atoms with Crippen molar-refractivity contribution < 1.29 is 14.3 Å². The molecule has 1 saturated heterocycles. The molecule has 1 heterocycles. The van der Waals surface area contributed by atoms with Gasteiger partial charge in [-0.25, -0.2) is 9.59 Å². The van der Waals surface area contributed by atoms with Crippen molar-refractivity contribution in [3.8, 4) is 0 Å². The number of hydrogen-bond donors (Lipinski definition) is 1. The average Bonchev–Trinajstić information content (AvgIpc) is 2.61. The number of likely N-dealkylation sites (tertiary alicyclic amines) is 1. The van der Waals surface area contributed by atoms with Gasteiger partial charge in [0, 0.05) is 13.1 Å². The summed E-state index contributed by atoms with van der Waals surface area (Å²) in [6, 6.07) is 9.76. The molecule has 1 aliphatic heterocycles. The Balaban J connectivity index is 1.82. The molecule has 1 fully saturated rings. The highest BCUT2D eigenvalue weighted by atomic mass is 16.5. The van der Waals surface area contributed by atoms with Crippen LogP contribution in [0.4, 0.5) is 4.79 Å². The van der Waals surface area contributed by atoms with Crippen LogP contribution in [0.25, 0.3) is 0 Å². The molecule has 0 spiro atoms. The number of esters is 1. The molecule has 2 amide bonds. The highest BCUT2D eigenvalue weighted by Crippen LogP contribution is 2.22. The summed E-state index contributed by atoms with van der Waals surface area (Å²) in [5.41, 5.74) is 1.35. The Hall–Kier alpha value is -2.04. The second-order valence-electron chi connectivity index (χ2n) is 7.27. The van der Waals surface area contributed by atoms with E-state index in [0.717, 1.165) is 32.4 Å². The highest BCUT2D eigenvalue weighted by molar-refractivity contribution is 5.83. The van der Waals surface area contributed by atoms with Crippen molar-refractivity contribution in [1.29, 1.82) is 0 Å². The lowest BCUT2D eigenvalue weighted by atomic mass is 9.90. The van der Waals surface area contributed by atoms with Gasteiger partial charge in [0.05, 0.1) is 7.11 Å². The van der Waals surface area contributed by atoms with Gasteiger partial charge in [0.2, 0.25) is 0 Å². The Morgan fingerprint density at radius 3 is 2.40 bits per heavy atom. The number of amides is 2. The monoisotopic (exact) mass is 346 g/mol. The average molecular weight is 346 g/mol. The first-order chi connectivity index (χ1) is 12.0. The molecule has 138 valence electrons. The Kier molecular flexibility index (Phi) is 7.29. The minimum Gasteiger partial charge on any atom is -0.467 e. The predicted octanol–water partition coefficient (Wildman–Crippen LogP) is 3.24. The summed E-state index contributed by atoms with van der Waals surface area (Å²) in [6.07, 6.45) is 3.64. The largest absolute Gasteiger partial charge is 0.467 e. The van der Waals surface area contributed by atoms with Crippen molar-refractivity contribution in [1.82, 2.24) is 10.2 Å². The zero-order chi connectivity index (χ0) is 18.2. The Labute approximate surface area is 150 Å². The van der Waals surface area contributed by atoms with Gasteiger partial charge in [0.15, 0.2) is 0 Å². The summed E-state index contributed by atoms with van der Waals surface area (Å²) >= 11 is 0. The van der Waals surface area contributed by atoms with E-state index in [2.05, 4.69) is 29.6 Å². The molecule has 25 heavy (non-hydrogen) atoms. The molecule has 2 rings (SSSR count). The third kappa shape index (κ3) is 6.07. The van der Waals surface area contributed by atoms with Crippen LogP contribution in [0.15, 0.2) is 30.3 Å². The van der Waals surface area contributed by atoms with Crippen molar-refractivity contribution >= 4 is 12.0 Å². The third-order valence-electron chi connectivity index (χ3n) is 4.76. The van der Waals surface area contributed by atoms with Crippen molar-refractivity contribution in [2.45, 2.75) is 45.6 Å². The molecule has 1 aliphatic rings. The number of hydrogen-bond acceptors (Lipinski definition) is 3. The maximum atomic E-state index is 12.5. The van der Waals surface area contributed by atoms with Crippen LogP contribution in [-0.4, -0.2) is 43.1 Å². The normalized spacial score (nSPS) is 16.6. The number of nitrogens with one attached hydrogen (secondary N) is 1. The van der Waals surface area contributed by atoms with Gasteiger partial charge in [-0.1, -0.05) is 44.2 Å². The number of carbonyl (C=O) groups is 2. The van der Waals surface area contributed by atoms with E-state index in [-0.39, 0.29) is 12.0 Å². The van der Waals surface area contributed by atoms with Crippen LogP contribution < -0.4 is 5.32 Å². The molecule has 0 bridgehead atoms. The van der Waals surface area contributed by atoms with Crippen molar-refractivity contribution in [3.63, 3.8) is 0 Å². The number of urea groups is 1. The summed E-state index contributed by atoms with van der Waals surface area (Å²) in [4.78, 5) is 26.2. The summed E-state index contributed by atoms with van der Waals surface area (Å²) in [5.74, 6) is 0.542. The molecule has 0 radical (unpaired) electrons. The van der Waals surface area contributed by atoms with Gasteiger partial charge in [-0.15, -0.1) is 0 Å². The second kappa shape index (κ2) is 9.44. The summed E-state index contributed by atoms with van der Waals surface area (Å²) in [6.45, 7) is 5.52. The van der Waals surface area contributed by atoms with E-state index in [1.807, 2.05) is 24.8 Å². The van der Waals surface area contributed by atoms with Crippen LogP contribution in [0.2, 0.25) is 0 Å². The van der Waals surface area contributed by atoms with E-state index in [4.69, 9.17) is 4.74 Å². The maximum absolute atomic E-state index is 12.5. The van der Waals surface area contributed by atoms with Gasteiger partial charge in [0.25, 0.3) is 0 Å². The molecule has 5 nitrogen and oxygen atoms in total. The van der Waals surface area contributed by atoms with Crippen LogP contribution in [0.5, 0.6) is 0 Å². The van der Waals surface area contributed by atoms with Crippen LogP contribution in [0.1, 0.15) is 38.7 Å². The van der Waals surface area contributed by atoms with E-state index in [1.165, 1.54) is 12.7 Å². The fourth-order valence-corrected chi connectivity index (χ4v) is 3.36. The SMILES string of the molecule is COC(=O)[C@@H](CC(C)C)NC(=O)N1CCC(Cc2ccccc2)CC1. The zero-order valence-electron chi connectivity index (χ0n) is 15.5. The fourth-order valence-electron chi connectivity index (χ4n) is 3.36. The van der Waals surface area contributed by atoms with E-state index >= 15 is 0 Å². The number of ether oxygens (including phenoxy) is 1. The first kappa shape index (κ1) is 19.3. The summed E-state index contributed by atoms with van der Waals surface area (Å²) < 4.78 is 4.81. The molecule has 0 aliphatic carbocycles. The van der Waals surface area contributed by atoms with Gasteiger partial charge in [-0.3, -0.25) is 0 Å². The number of carbonyl (C=O) groups excluding carboxylic acids is 2. The minimum absolute atomic E-state index is 0.158. The molecule has 0 saturated carbocycles. The Bertz CT molecular complexity index is 551. The highest BCUT2D eigenvalue weighted by Gasteiger charge is 2.27. The Morgan fingerprint density at radius 2 is 1.84 bits per heavy atom. The quantitative estimate of drug-likeness (QED) is 0.805. The number of piperidine rings is 1. The minimum atomic E-state index is -0.570. The molecular weight excluding hydrogens is 316 g/mol. The van der Waals surface area contributed by atoms with Crippen molar-refractivity contribution in [3.05, 3.63) is 35.9 Å². The third-order valence-corrected chi connectivity index (χ3v) is 4.76. The number of benzene rings is 1. The van der Waals surface area contributed by atoms with E-state index < -0.39 is 6.04 Å². The summed E-state index contributed by atoms with van der Waals surface area (Å²) in [7, 11) is 1.36. The van der Waals surface area contributed by atoms with Crippen LogP contribution >= 0.6 is 0 Å². The first-order valence-corrected chi connectivity index (χ1v) is 9.16. The van der Waals surface area contributed by atoms with E-state index in [9.17, 15) is 9.59 Å². The van der Waals surface area contributed by atoms with Gasteiger partial charge < -0.3 is 15.0 Å². The number of nitrogens with zero attached hydrogens (tertiary/aromatic N) is 1. The standard InChI is InChI=1S/C20H30N2O3/c1-15(2)13-18(19(23)25-3)21-20(24)22-11-9-17(10-12-22)14-16-7-5-4-6-8-16/h4-8,15,17-18H,9-14H2,1-3H3,(H,21,24)/t18-/m1/s1. The van der Waals surface area contributed by atoms with Gasteiger partial charge in [-0.2, -0.15) is 0 Å². The van der Waals surface area contributed by atoms with Crippen molar-refractivity contribution in [2.75, 3.05) is 20.2 Å². The lowest BCUT2D eigenvalue weighted by Gasteiger charge is -2.33. The molecular formula is C20H30N2O3. The zero-order valence-corrected chi connectivity index (χ0v) is 15.5. The molecule has 1 aromatic rings. The molecule has 1 atom stereocenters. The van der Waals surface area contributed by atoms with Gasteiger partial charge >= 0.3 is 12.0 Å². The van der Waals surface area contributed by atoms with E-state index in [0.29, 0.717) is 18.3 Å². The molecule has 1 aromatic carbocycles. The lowest BCUT2D eigenvalue weighted by molar-refractivity contribution is -0.143. The lowest BCUT2D eigenvalue weighted by Crippen LogP contribution is -2.50. The fraction of sp³-hybridized carbons (Fsp3) is 0.600. The molecule has 5 heteroatoms. The van der Waals surface area contributed by atoms with E-state index in [1.54, 1.807) is 0 Å². The van der Waals surface area contributed by atoms with Gasteiger partial charge in [-0.05, 0) is 43.1 Å². The van der Waals surface area contributed by atoms with Crippen LogP contribution in [-0.2, 0) is 16.0 Å². The Morgan fingerprint density at radius 1 is 1.20 bits per heavy atom. The first-order valence-electron chi connectivity index (χ1n) is 9.16. The van der Waals surface area contributed by atoms with Crippen LogP contribution in [0, 0.1) is 11.8 Å². The summed E-state index contributed by atoms with van der Waals surface area (Å²) in [5, 5.41) is 2.85. The smallest absolute Gasteiger partial charge is 0.328 e. The second-order valence-corrected chi connectivity index (χ2v) is 7.27. The predicted molar refractivity (Wildman–Crippen MR) is 98.2 cm³/mol. The molecule has 1 N–H and O–H groups in total.